The molecule has 2 unspecified atom stereocenters. The van der Waals surface area contributed by atoms with Gasteiger partial charge in [-0.3, -0.25) is 10.1 Å². The maximum absolute atomic E-state index is 13.1. The van der Waals surface area contributed by atoms with Crippen LogP contribution in [0.5, 0.6) is 0 Å². The molecule has 1 N–H and O–H groups in total. The van der Waals surface area contributed by atoms with E-state index < -0.39 is 29.8 Å². The molecule has 2 aliphatic rings. The van der Waals surface area contributed by atoms with E-state index in [2.05, 4.69) is 5.32 Å². The highest BCUT2D eigenvalue weighted by Gasteiger charge is 2.70. The number of carbonyl (C=O) groups is 1. The molecule has 0 aromatic carbocycles. The summed E-state index contributed by atoms with van der Waals surface area (Å²) in [5.41, 5.74) is -1.91. The molecule has 1 aliphatic carbocycles. The van der Waals surface area contributed by atoms with Gasteiger partial charge in [0.05, 0.1) is 12.2 Å². The fourth-order valence-corrected chi connectivity index (χ4v) is 2.49. The molecule has 1 amide bonds. The highest BCUT2D eigenvalue weighted by Crippen LogP contribution is 2.55. The van der Waals surface area contributed by atoms with Crippen molar-refractivity contribution in [3.8, 4) is 0 Å². The summed E-state index contributed by atoms with van der Waals surface area (Å²) < 4.78 is 39.2. The van der Waals surface area contributed by atoms with Gasteiger partial charge in [-0.25, -0.2) is 0 Å². The summed E-state index contributed by atoms with van der Waals surface area (Å²) in [6.07, 6.45) is -4.79. The molecule has 0 spiro atoms. The van der Waals surface area contributed by atoms with E-state index >= 15 is 0 Å². The number of halogens is 3. The normalized spacial score (nSPS) is 32.4. The van der Waals surface area contributed by atoms with Crippen LogP contribution in [0.1, 0.15) is 33.6 Å². The second-order valence-corrected chi connectivity index (χ2v) is 5.31. The van der Waals surface area contributed by atoms with Crippen LogP contribution >= 0.6 is 0 Å². The van der Waals surface area contributed by atoms with Gasteiger partial charge in [0.2, 0.25) is 5.91 Å². The predicted octanol–water partition coefficient (Wildman–Crippen LogP) is 1.88. The quantitative estimate of drug-likeness (QED) is 0.811. The van der Waals surface area contributed by atoms with Gasteiger partial charge in [0.1, 0.15) is 5.54 Å². The first kappa shape index (κ1) is 12.7. The van der Waals surface area contributed by atoms with Crippen molar-refractivity contribution in [3.63, 3.8) is 0 Å². The molecule has 1 heterocycles. The molecule has 1 saturated heterocycles. The van der Waals surface area contributed by atoms with Crippen molar-refractivity contribution in [2.45, 2.75) is 57.5 Å². The van der Waals surface area contributed by atoms with E-state index in [0.717, 1.165) is 4.90 Å². The van der Waals surface area contributed by atoms with Crippen LogP contribution in [-0.2, 0) is 4.79 Å². The third kappa shape index (κ3) is 1.73. The number of carbonyl (C=O) groups excluding carboxylic acids is 1. The van der Waals surface area contributed by atoms with Crippen LogP contribution < -0.4 is 5.32 Å². The van der Waals surface area contributed by atoms with Crippen molar-refractivity contribution < 1.29 is 18.0 Å². The topological polar surface area (TPSA) is 32.3 Å². The Kier molecular flexibility index (Phi) is 2.69. The number of hydrogen-bond donors (Lipinski definition) is 1. The van der Waals surface area contributed by atoms with Crippen molar-refractivity contribution in [1.29, 1.82) is 0 Å². The molecule has 1 aliphatic heterocycles. The zero-order chi connectivity index (χ0) is 13.0. The molecule has 17 heavy (non-hydrogen) atoms. The van der Waals surface area contributed by atoms with Crippen molar-refractivity contribution in [2.75, 3.05) is 0 Å². The van der Waals surface area contributed by atoms with Crippen molar-refractivity contribution >= 4 is 5.91 Å². The van der Waals surface area contributed by atoms with Gasteiger partial charge in [0.25, 0.3) is 0 Å². The SMILES string of the molecule is CC1NC(C(C)C)N(C2(C(F)(F)F)CC2)C1=O. The van der Waals surface area contributed by atoms with Gasteiger partial charge in [0.15, 0.2) is 0 Å². The Morgan fingerprint density at radius 3 is 2.29 bits per heavy atom. The number of nitrogens with one attached hydrogen (secondary N) is 1. The minimum absolute atomic E-state index is 0.0276. The minimum Gasteiger partial charge on any atom is -0.311 e. The summed E-state index contributed by atoms with van der Waals surface area (Å²) in [6, 6.07) is -0.526. The summed E-state index contributed by atoms with van der Waals surface area (Å²) in [6.45, 7) is 5.26. The van der Waals surface area contributed by atoms with Crippen molar-refractivity contribution in [2.24, 2.45) is 5.92 Å². The number of hydrogen-bond acceptors (Lipinski definition) is 2. The lowest BCUT2D eigenvalue weighted by Crippen LogP contribution is -2.55. The highest BCUT2D eigenvalue weighted by atomic mass is 19.4. The smallest absolute Gasteiger partial charge is 0.311 e. The van der Waals surface area contributed by atoms with Gasteiger partial charge in [-0.1, -0.05) is 13.8 Å². The molecule has 0 bridgehead atoms. The van der Waals surface area contributed by atoms with E-state index in [-0.39, 0.29) is 18.8 Å². The predicted molar refractivity (Wildman–Crippen MR) is 56.1 cm³/mol. The van der Waals surface area contributed by atoms with Crippen molar-refractivity contribution in [1.82, 2.24) is 10.2 Å². The van der Waals surface area contributed by atoms with Crippen LogP contribution in [0.25, 0.3) is 0 Å². The number of nitrogens with zero attached hydrogens (tertiary/aromatic N) is 1. The Labute approximate surface area is 98.3 Å². The van der Waals surface area contributed by atoms with Gasteiger partial charge in [0, 0.05) is 0 Å². The standard InChI is InChI=1S/C11H17F3N2O/c1-6(2)8-15-7(3)9(17)16(8)10(4-5-10)11(12,13)14/h6-8,15H,4-5H2,1-3H3. The Hall–Kier alpha value is -0.780. The number of rotatable bonds is 2. The van der Waals surface area contributed by atoms with E-state index in [9.17, 15) is 18.0 Å². The summed E-state index contributed by atoms with van der Waals surface area (Å²) in [5.74, 6) is -0.470. The summed E-state index contributed by atoms with van der Waals surface area (Å²) in [5, 5.41) is 2.95. The first-order valence-electron chi connectivity index (χ1n) is 5.86. The summed E-state index contributed by atoms with van der Waals surface area (Å²) >= 11 is 0. The van der Waals surface area contributed by atoms with E-state index in [1.54, 1.807) is 6.92 Å². The number of alkyl halides is 3. The lowest BCUT2D eigenvalue weighted by atomic mass is 10.1. The molecule has 0 aromatic heterocycles. The Bertz CT molecular complexity index is 336. The fraction of sp³-hybridized carbons (Fsp3) is 0.909. The Balaban J connectivity index is 2.33. The van der Waals surface area contributed by atoms with E-state index in [4.69, 9.17) is 0 Å². The van der Waals surface area contributed by atoms with Crippen LogP contribution in [0, 0.1) is 5.92 Å². The fourth-order valence-electron chi connectivity index (χ4n) is 2.49. The molecular formula is C11H17F3N2O. The van der Waals surface area contributed by atoms with E-state index in [0.29, 0.717) is 0 Å². The Morgan fingerprint density at radius 2 is 1.94 bits per heavy atom. The second-order valence-electron chi connectivity index (χ2n) is 5.31. The van der Waals surface area contributed by atoms with E-state index in [1.807, 2.05) is 13.8 Å². The lowest BCUT2D eigenvalue weighted by Gasteiger charge is -2.36. The first-order valence-corrected chi connectivity index (χ1v) is 5.86. The summed E-state index contributed by atoms with van der Waals surface area (Å²) in [4.78, 5) is 13.0. The third-order valence-electron chi connectivity index (χ3n) is 3.65. The molecule has 98 valence electrons. The monoisotopic (exact) mass is 250 g/mol. The van der Waals surface area contributed by atoms with Crippen LogP contribution in [0.3, 0.4) is 0 Å². The van der Waals surface area contributed by atoms with Gasteiger partial charge < -0.3 is 4.90 Å². The largest absolute Gasteiger partial charge is 0.411 e. The summed E-state index contributed by atoms with van der Waals surface area (Å²) in [7, 11) is 0. The van der Waals surface area contributed by atoms with Crippen LogP contribution in [0.15, 0.2) is 0 Å². The third-order valence-corrected chi connectivity index (χ3v) is 3.65. The van der Waals surface area contributed by atoms with Gasteiger partial charge in [-0.15, -0.1) is 0 Å². The van der Waals surface area contributed by atoms with Gasteiger partial charge >= 0.3 is 6.18 Å². The van der Waals surface area contributed by atoms with Crippen LogP contribution in [-0.4, -0.2) is 34.7 Å². The van der Waals surface area contributed by atoms with E-state index in [1.165, 1.54) is 0 Å². The maximum Gasteiger partial charge on any atom is 0.411 e. The molecule has 6 heteroatoms. The van der Waals surface area contributed by atoms with Gasteiger partial charge in [-0.2, -0.15) is 13.2 Å². The van der Waals surface area contributed by atoms with Gasteiger partial charge in [-0.05, 0) is 25.7 Å². The molecule has 3 nitrogen and oxygen atoms in total. The maximum atomic E-state index is 13.1. The Morgan fingerprint density at radius 1 is 1.41 bits per heavy atom. The lowest BCUT2D eigenvalue weighted by molar-refractivity contribution is -0.204. The molecule has 2 rings (SSSR count). The molecule has 0 aromatic rings. The highest BCUT2D eigenvalue weighted by molar-refractivity contribution is 5.85. The van der Waals surface area contributed by atoms with Crippen LogP contribution in [0.4, 0.5) is 13.2 Å². The molecule has 0 radical (unpaired) electrons. The molecule has 2 fully saturated rings. The van der Waals surface area contributed by atoms with Crippen LogP contribution in [0.2, 0.25) is 0 Å². The zero-order valence-electron chi connectivity index (χ0n) is 10.1. The molecule has 1 saturated carbocycles. The minimum atomic E-state index is -4.33. The average molecular weight is 250 g/mol. The first-order chi connectivity index (χ1) is 7.71. The zero-order valence-corrected chi connectivity index (χ0v) is 10.1. The van der Waals surface area contributed by atoms with Crippen molar-refractivity contribution in [3.05, 3.63) is 0 Å². The average Bonchev–Trinajstić information content (AvgIpc) is 2.91. The second kappa shape index (κ2) is 3.60. The number of amides is 1. The molecular weight excluding hydrogens is 233 g/mol. The molecule has 2 atom stereocenters.